The van der Waals surface area contributed by atoms with Crippen LogP contribution in [0.4, 0.5) is 5.82 Å². The van der Waals surface area contributed by atoms with Crippen LogP contribution in [0.25, 0.3) is 5.69 Å². The van der Waals surface area contributed by atoms with E-state index in [2.05, 4.69) is 60.9 Å². The highest BCUT2D eigenvalue weighted by molar-refractivity contribution is 14.0. The summed E-state index contributed by atoms with van der Waals surface area (Å²) in [5, 5.41) is 11.1. The van der Waals surface area contributed by atoms with Crippen LogP contribution in [0.3, 0.4) is 0 Å². The molecule has 1 aliphatic rings. The van der Waals surface area contributed by atoms with Crippen LogP contribution in [-0.2, 0) is 17.7 Å². The summed E-state index contributed by atoms with van der Waals surface area (Å²) in [5.74, 6) is 1.80. The van der Waals surface area contributed by atoms with Gasteiger partial charge in [0.1, 0.15) is 5.82 Å². The van der Waals surface area contributed by atoms with Gasteiger partial charge in [-0.2, -0.15) is 5.10 Å². The molecule has 0 aliphatic carbocycles. The minimum Gasteiger partial charge on any atom is -0.378 e. The molecular formula is C23H30IN7O. The number of aliphatic imine (C=N–C) groups is 1. The Balaban J connectivity index is 0.00000289. The summed E-state index contributed by atoms with van der Waals surface area (Å²) in [7, 11) is 1.79. The summed E-state index contributed by atoms with van der Waals surface area (Å²) in [5.41, 5.74) is 3.48. The van der Waals surface area contributed by atoms with Gasteiger partial charge in [0.2, 0.25) is 0 Å². The fourth-order valence-corrected chi connectivity index (χ4v) is 3.59. The summed E-state index contributed by atoms with van der Waals surface area (Å²) < 4.78 is 7.32. The third-order valence-corrected chi connectivity index (χ3v) is 5.26. The lowest BCUT2D eigenvalue weighted by Crippen LogP contribution is -2.40. The fraction of sp³-hybridized carbons (Fsp3) is 0.348. The number of benzene rings is 1. The lowest BCUT2D eigenvalue weighted by molar-refractivity contribution is 0.122. The number of hydrogen-bond acceptors (Lipinski definition) is 5. The highest BCUT2D eigenvalue weighted by atomic mass is 127. The molecule has 0 atom stereocenters. The predicted molar refractivity (Wildman–Crippen MR) is 138 cm³/mol. The molecule has 3 heterocycles. The molecule has 1 aliphatic heterocycles. The minimum atomic E-state index is 0. The Morgan fingerprint density at radius 2 is 1.88 bits per heavy atom. The van der Waals surface area contributed by atoms with Gasteiger partial charge < -0.3 is 20.3 Å². The van der Waals surface area contributed by atoms with Crippen LogP contribution in [-0.4, -0.2) is 60.6 Å². The number of nitrogens with one attached hydrogen (secondary N) is 2. The first-order chi connectivity index (χ1) is 15.3. The number of ether oxygens (including phenoxy) is 1. The van der Waals surface area contributed by atoms with E-state index in [9.17, 15) is 0 Å². The fourth-order valence-electron chi connectivity index (χ4n) is 3.59. The van der Waals surface area contributed by atoms with Gasteiger partial charge >= 0.3 is 0 Å². The Bertz CT molecular complexity index is 970. The molecule has 0 radical (unpaired) electrons. The maximum Gasteiger partial charge on any atom is 0.191 e. The van der Waals surface area contributed by atoms with Gasteiger partial charge in [-0.15, -0.1) is 24.0 Å². The first kappa shape index (κ1) is 24.0. The largest absolute Gasteiger partial charge is 0.378 e. The lowest BCUT2D eigenvalue weighted by Gasteiger charge is -2.29. The third-order valence-electron chi connectivity index (χ3n) is 5.26. The van der Waals surface area contributed by atoms with Crippen molar-refractivity contribution >= 4 is 35.8 Å². The van der Waals surface area contributed by atoms with E-state index < -0.39 is 0 Å². The van der Waals surface area contributed by atoms with Crippen molar-refractivity contribution in [2.45, 2.75) is 13.0 Å². The second kappa shape index (κ2) is 12.4. The van der Waals surface area contributed by atoms with Gasteiger partial charge in [0.15, 0.2) is 5.96 Å². The van der Waals surface area contributed by atoms with Gasteiger partial charge in [0, 0.05) is 57.4 Å². The Kier molecular flexibility index (Phi) is 9.29. The molecule has 0 unspecified atom stereocenters. The molecule has 8 nitrogen and oxygen atoms in total. The van der Waals surface area contributed by atoms with Gasteiger partial charge in [-0.1, -0.05) is 18.2 Å². The summed E-state index contributed by atoms with van der Waals surface area (Å²) in [6.45, 7) is 4.69. The number of halogens is 1. The number of rotatable bonds is 7. The molecule has 1 saturated heterocycles. The highest BCUT2D eigenvalue weighted by Gasteiger charge is 2.15. The predicted octanol–water partition coefficient (Wildman–Crippen LogP) is 2.63. The summed E-state index contributed by atoms with van der Waals surface area (Å²) >= 11 is 0. The van der Waals surface area contributed by atoms with Crippen LogP contribution in [0.2, 0.25) is 0 Å². The molecule has 2 N–H and O–H groups in total. The first-order valence-electron chi connectivity index (χ1n) is 10.6. The van der Waals surface area contributed by atoms with Crippen molar-refractivity contribution in [2.75, 3.05) is 44.8 Å². The van der Waals surface area contributed by atoms with Crippen LogP contribution >= 0.6 is 24.0 Å². The minimum absolute atomic E-state index is 0. The van der Waals surface area contributed by atoms with E-state index in [1.165, 1.54) is 5.56 Å². The Labute approximate surface area is 206 Å². The molecule has 32 heavy (non-hydrogen) atoms. The van der Waals surface area contributed by atoms with Crippen molar-refractivity contribution in [2.24, 2.45) is 4.99 Å². The van der Waals surface area contributed by atoms with E-state index in [4.69, 9.17) is 4.74 Å². The molecule has 0 saturated carbocycles. The van der Waals surface area contributed by atoms with Crippen LogP contribution < -0.4 is 15.5 Å². The molecule has 4 rings (SSSR count). The zero-order chi connectivity index (χ0) is 21.3. The van der Waals surface area contributed by atoms with Gasteiger partial charge in [-0.3, -0.25) is 4.99 Å². The van der Waals surface area contributed by atoms with Crippen molar-refractivity contribution in [3.63, 3.8) is 0 Å². The Morgan fingerprint density at radius 3 is 2.59 bits per heavy atom. The van der Waals surface area contributed by atoms with Gasteiger partial charge in [-0.05, 0) is 36.2 Å². The normalized spacial score (nSPS) is 14.0. The molecule has 0 amide bonds. The summed E-state index contributed by atoms with van der Waals surface area (Å²) in [6, 6.07) is 14.5. The molecule has 1 aromatic carbocycles. The molecule has 0 bridgehead atoms. The second-order valence-electron chi connectivity index (χ2n) is 7.31. The average Bonchev–Trinajstić information content (AvgIpc) is 3.37. The van der Waals surface area contributed by atoms with Crippen molar-refractivity contribution in [3.8, 4) is 5.69 Å². The molecule has 0 spiro atoms. The zero-order valence-corrected chi connectivity index (χ0v) is 20.6. The van der Waals surface area contributed by atoms with E-state index in [0.717, 1.165) is 62.3 Å². The smallest absolute Gasteiger partial charge is 0.191 e. The standard InChI is InChI=1S/C23H29N7O.HI/c1-24-23(26-12-9-19-5-7-21(8-6-19)30-13-3-11-28-30)27-18-20-4-2-10-25-22(20)29-14-16-31-17-15-29;/h2-8,10-11,13H,9,12,14-18H2,1H3,(H2,24,26,27);1H. The van der Waals surface area contributed by atoms with Crippen LogP contribution in [0.1, 0.15) is 11.1 Å². The zero-order valence-electron chi connectivity index (χ0n) is 18.3. The van der Waals surface area contributed by atoms with E-state index in [1.54, 1.807) is 13.2 Å². The van der Waals surface area contributed by atoms with Gasteiger partial charge in [-0.25, -0.2) is 9.67 Å². The molecule has 3 aromatic rings. The van der Waals surface area contributed by atoms with Crippen LogP contribution in [0, 0.1) is 0 Å². The maximum atomic E-state index is 5.46. The van der Waals surface area contributed by atoms with Crippen molar-refractivity contribution in [3.05, 3.63) is 72.2 Å². The molecule has 2 aromatic heterocycles. The van der Waals surface area contributed by atoms with E-state index in [-0.39, 0.29) is 24.0 Å². The Morgan fingerprint density at radius 1 is 1.06 bits per heavy atom. The molecule has 9 heteroatoms. The van der Waals surface area contributed by atoms with Crippen molar-refractivity contribution in [1.82, 2.24) is 25.4 Å². The Hall–Kier alpha value is -2.66. The SMILES string of the molecule is CN=C(NCCc1ccc(-n2cccn2)cc1)NCc1cccnc1N1CCOCC1.I. The van der Waals surface area contributed by atoms with Gasteiger partial charge in [0.05, 0.1) is 18.9 Å². The topological polar surface area (TPSA) is 79.6 Å². The number of pyridine rings is 1. The second-order valence-corrected chi connectivity index (χ2v) is 7.31. The lowest BCUT2D eigenvalue weighted by atomic mass is 10.1. The first-order valence-corrected chi connectivity index (χ1v) is 10.6. The monoisotopic (exact) mass is 547 g/mol. The number of anilines is 1. The quantitative estimate of drug-likeness (QED) is 0.269. The van der Waals surface area contributed by atoms with Crippen LogP contribution in [0.5, 0.6) is 0 Å². The van der Waals surface area contributed by atoms with Crippen LogP contribution in [0.15, 0.2) is 66.0 Å². The molecular weight excluding hydrogens is 517 g/mol. The summed E-state index contributed by atoms with van der Waals surface area (Å²) in [4.78, 5) is 11.2. The number of hydrogen-bond donors (Lipinski definition) is 2. The molecule has 170 valence electrons. The highest BCUT2D eigenvalue weighted by Crippen LogP contribution is 2.18. The third kappa shape index (κ3) is 6.42. The van der Waals surface area contributed by atoms with E-state index in [1.807, 2.05) is 29.2 Å². The number of aromatic nitrogens is 3. The van der Waals surface area contributed by atoms with E-state index in [0.29, 0.717) is 6.54 Å². The summed E-state index contributed by atoms with van der Waals surface area (Å²) in [6.07, 6.45) is 6.48. The van der Waals surface area contributed by atoms with Gasteiger partial charge in [0.25, 0.3) is 0 Å². The van der Waals surface area contributed by atoms with E-state index >= 15 is 0 Å². The number of guanidine groups is 1. The number of morpholine rings is 1. The molecule has 1 fully saturated rings. The van der Waals surface area contributed by atoms with Crippen molar-refractivity contribution < 1.29 is 4.74 Å². The maximum absolute atomic E-state index is 5.46. The number of nitrogens with zero attached hydrogens (tertiary/aromatic N) is 5. The van der Waals surface area contributed by atoms with Crippen molar-refractivity contribution in [1.29, 1.82) is 0 Å². The average molecular weight is 547 g/mol.